The highest BCUT2D eigenvalue weighted by Gasteiger charge is 2.48. The molecule has 0 radical (unpaired) electrons. The Morgan fingerprint density at radius 1 is 1.07 bits per heavy atom. The van der Waals surface area contributed by atoms with Crippen molar-refractivity contribution in [3.8, 4) is 11.5 Å². The summed E-state index contributed by atoms with van der Waals surface area (Å²) in [4.78, 5) is 45.6. The molecule has 1 N–H and O–H groups in total. The van der Waals surface area contributed by atoms with E-state index in [-0.39, 0.29) is 27.9 Å². The number of aryl methyl sites for hydroxylation is 1. The first-order valence-electron chi connectivity index (χ1n) is 13.4. The topological polar surface area (TPSA) is 115 Å². The number of ether oxygens (including phenoxy) is 3. The van der Waals surface area contributed by atoms with E-state index >= 15 is 0 Å². The number of aliphatic hydroxyl groups excluding tert-OH is 1. The number of carbonyl (C=O) groups excluding carboxylic acids is 3. The number of Topliss-reactive ketones (excluding diaryl/α,β-unsaturated/α-hetero) is 1. The number of unbranched alkanes of at least 4 members (excludes halogenated alkanes) is 1. The van der Waals surface area contributed by atoms with Gasteiger partial charge in [0.15, 0.2) is 5.13 Å². The number of hydrogen-bond acceptors (Lipinski definition) is 9. The summed E-state index contributed by atoms with van der Waals surface area (Å²) in [5, 5.41) is 11.6. The van der Waals surface area contributed by atoms with Gasteiger partial charge in [-0.05, 0) is 43.2 Å². The van der Waals surface area contributed by atoms with Gasteiger partial charge in [-0.3, -0.25) is 14.5 Å². The molecule has 3 aromatic rings. The lowest BCUT2D eigenvalue weighted by Crippen LogP contribution is -2.29. The standard InChI is InChI=1S/C32H32N2O7S/c1-5-8-18-40-24-11-9-10-22(19-24)27(35)25-26(21-12-14-23(15-13-21)39-16-6-2)34(30(37)28(25)36)32-33-20(4)29(42-32)31(38)41-17-7-3/h6-7,9-15,19,26,35H,2-3,5,8,16-18H2,1,4H3/b27-25+. The molecule has 42 heavy (non-hydrogen) atoms. The van der Waals surface area contributed by atoms with Crippen LogP contribution in [-0.4, -0.2) is 47.6 Å². The van der Waals surface area contributed by atoms with Crippen molar-refractivity contribution in [2.45, 2.75) is 32.7 Å². The molecule has 1 aliphatic heterocycles. The second-order valence-corrected chi connectivity index (χ2v) is 10.3. The number of ketones is 1. The molecule has 0 spiro atoms. The molecule has 218 valence electrons. The van der Waals surface area contributed by atoms with Crippen LogP contribution in [0.15, 0.2) is 79.4 Å². The Kier molecular flexibility index (Phi) is 9.93. The fraction of sp³-hybridized carbons (Fsp3) is 0.250. The molecule has 9 nitrogen and oxygen atoms in total. The normalized spacial score (nSPS) is 15.9. The zero-order valence-electron chi connectivity index (χ0n) is 23.5. The van der Waals surface area contributed by atoms with Crippen molar-refractivity contribution in [2.75, 3.05) is 24.7 Å². The van der Waals surface area contributed by atoms with Gasteiger partial charge >= 0.3 is 11.9 Å². The number of benzene rings is 2. The SMILES string of the molecule is C=CCOC(=O)c1sc(N2C(=O)C(=O)/C(=C(/O)c3cccc(OCCCC)c3)C2c2ccc(OCC=C)cc2)nc1C. The summed E-state index contributed by atoms with van der Waals surface area (Å²) in [6.07, 6.45) is 4.89. The van der Waals surface area contributed by atoms with E-state index in [1.165, 1.54) is 11.0 Å². The number of carbonyl (C=O) groups is 3. The molecule has 1 fully saturated rings. The van der Waals surface area contributed by atoms with Gasteiger partial charge in [0, 0.05) is 5.56 Å². The number of aromatic nitrogens is 1. The fourth-order valence-corrected chi connectivity index (χ4v) is 5.33. The van der Waals surface area contributed by atoms with Gasteiger partial charge in [-0.25, -0.2) is 9.78 Å². The molecule has 1 aromatic heterocycles. The van der Waals surface area contributed by atoms with E-state index in [0.717, 1.165) is 24.2 Å². The van der Waals surface area contributed by atoms with E-state index < -0.39 is 23.7 Å². The van der Waals surface area contributed by atoms with E-state index in [0.29, 0.717) is 41.5 Å². The lowest BCUT2D eigenvalue weighted by Gasteiger charge is -2.23. The minimum Gasteiger partial charge on any atom is -0.507 e. The Labute approximate surface area is 248 Å². The second kappa shape index (κ2) is 13.8. The number of aliphatic hydroxyl groups is 1. The number of thiazole rings is 1. The minimum absolute atomic E-state index is 0.0114. The summed E-state index contributed by atoms with van der Waals surface area (Å²) in [7, 11) is 0. The van der Waals surface area contributed by atoms with Crippen LogP contribution in [0.3, 0.4) is 0 Å². The quantitative estimate of drug-likeness (QED) is 0.0630. The van der Waals surface area contributed by atoms with E-state index in [4.69, 9.17) is 14.2 Å². The molecule has 1 aliphatic rings. The van der Waals surface area contributed by atoms with Crippen LogP contribution in [0.25, 0.3) is 5.76 Å². The molecule has 1 saturated heterocycles. The first-order chi connectivity index (χ1) is 20.3. The molecular weight excluding hydrogens is 556 g/mol. The second-order valence-electron chi connectivity index (χ2n) is 9.37. The van der Waals surface area contributed by atoms with Crippen molar-refractivity contribution in [3.05, 3.63) is 101 Å². The summed E-state index contributed by atoms with van der Waals surface area (Å²) >= 11 is 0.930. The van der Waals surface area contributed by atoms with Crippen LogP contribution in [0.2, 0.25) is 0 Å². The van der Waals surface area contributed by atoms with Gasteiger partial charge in [-0.2, -0.15) is 0 Å². The Morgan fingerprint density at radius 3 is 2.50 bits per heavy atom. The molecule has 2 aromatic carbocycles. The number of hydrogen-bond donors (Lipinski definition) is 1. The maximum absolute atomic E-state index is 13.6. The number of anilines is 1. The maximum Gasteiger partial charge on any atom is 0.350 e. The molecule has 0 saturated carbocycles. The molecule has 10 heteroatoms. The van der Waals surface area contributed by atoms with Gasteiger partial charge in [0.05, 0.1) is 23.9 Å². The summed E-state index contributed by atoms with van der Waals surface area (Å²) in [5.41, 5.74) is 1.08. The molecule has 1 amide bonds. The van der Waals surface area contributed by atoms with Crippen molar-refractivity contribution in [2.24, 2.45) is 0 Å². The predicted molar refractivity (Wildman–Crippen MR) is 161 cm³/mol. The van der Waals surface area contributed by atoms with Crippen LogP contribution in [0.1, 0.15) is 52.3 Å². The first kappa shape index (κ1) is 30.3. The van der Waals surface area contributed by atoms with Crippen LogP contribution in [0.5, 0.6) is 11.5 Å². The Bertz CT molecular complexity index is 1520. The molecular formula is C32H32N2O7S. The Morgan fingerprint density at radius 2 is 1.81 bits per heavy atom. The smallest absolute Gasteiger partial charge is 0.350 e. The zero-order chi connectivity index (χ0) is 30.2. The minimum atomic E-state index is -1.04. The van der Waals surface area contributed by atoms with Gasteiger partial charge in [0.25, 0.3) is 5.78 Å². The lowest BCUT2D eigenvalue weighted by atomic mass is 9.95. The maximum atomic E-state index is 13.6. The van der Waals surface area contributed by atoms with Crippen LogP contribution in [0.4, 0.5) is 5.13 Å². The summed E-state index contributed by atoms with van der Waals surface area (Å²) < 4.78 is 16.5. The molecule has 4 rings (SSSR count). The van der Waals surface area contributed by atoms with Crippen LogP contribution in [-0.2, 0) is 14.3 Å². The largest absolute Gasteiger partial charge is 0.507 e. The summed E-state index contributed by atoms with van der Waals surface area (Å²) in [6, 6.07) is 12.5. The number of esters is 1. The number of rotatable bonds is 13. The molecule has 1 atom stereocenters. The molecule has 2 heterocycles. The van der Waals surface area contributed by atoms with Gasteiger partial charge in [-0.1, -0.05) is 74.3 Å². The van der Waals surface area contributed by atoms with E-state index in [9.17, 15) is 19.5 Å². The highest BCUT2D eigenvalue weighted by atomic mass is 32.1. The summed E-state index contributed by atoms with van der Waals surface area (Å²) in [6.45, 7) is 11.7. The van der Waals surface area contributed by atoms with Gasteiger partial charge in [0.1, 0.15) is 35.3 Å². The molecule has 0 bridgehead atoms. The fourth-order valence-electron chi connectivity index (χ4n) is 4.34. The van der Waals surface area contributed by atoms with Crippen LogP contribution < -0.4 is 14.4 Å². The van der Waals surface area contributed by atoms with Crippen molar-refractivity contribution in [1.29, 1.82) is 0 Å². The first-order valence-corrected chi connectivity index (χ1v) is 14.3. The third kappa shape index (κ3) is 6.44. The highest BCUT2D eigenvalue weighted by Crippen LogP contribution is 2.44. The Balaban J connectivity index is 1.82. The Hall–Kier alpha value is -4.70. The number of nitrogens with zero attached hydrogens (tertiary/aromatic N) is 2. The van der Waals surface area contributed by atoms with Crippen molar-refractivity contribution >= 4 is 39.9 Å². The average molecular weight is 589 g/mol. The third-order valence-electron chi connectivity index (χ3n) is 6.39. The third-order valence-corrected chi connectivity index (χ3v) is 7.53. The van der Waals surface area contributed by atoms with Gasteiger partial charge < -0.3 is 19.3 Å². The van der Waals surface area contributed by atoms with Crippen LogP contribution in [0, 0.1) is 6.92 Å². The van der Waals surface area contributed by atoms with Crippen molar-refractivity contribution < 1.29 is 33.7 Å². The van der Waals surface area contributed by atoms with Gasteiger partial charge in [-0.15, -0.1) is 0 Å². The lowest BCUT2D eigenvalue weighted by molar-refractivity contribution is -0.132. The highest BCUT2D eigenvalue weighted by molar-refractivity contribution is 7.17. The number of amides is 1. The van der Waals surface area contributed by atoms with E-state index in [1.54, 1.807) is 61.5 Å². The zero-order valence-corrected chi connectivity index (χ0v) is 24.3. The van der Waals surface area contributed by atoms with Crippen molar-refractivity contribution in [1.82, 2.24) is 4.98 Å². The summed E-state index contributed by atoms with van der Waals surface area (Å²) in [5.74, 6) is -1.65. The monoisotopic (exact) mass is 588 g/mol. The average Bonchev–Trinajstić information content (AvgIpc) is 3.51. The molecule has 1 unspecified atom stereocenters. The van der Waals surface area contributed by atoms with Crippen LogP contribution >= 0.6 is 11.3 Å². The molecule has 0 aliphatic carbocycles. The van der Waals surface area contributed by atoms with E-state index in [1.807, 2.05) is 0 Å². The predicted octanol–water partition coefficient (Wildman–Crippen LogP) is 6.16. The van der Waals surface area contributed by atoms with E-state index in [2.05, 4.69) is 25.1 Å². The van der Waals surface area contributed by atoms with Crippen molar-refractivity contribution in [3.63, 3.8) is 0 Å². The van der Waals surface area contributed by atoms with Gasteiger partial charge in [0.2, 0.25) is 0 Å².